The molecule has 8 nitrogen and oxygen atoms in total. The summed E-state index contributed by atoms with van der Waals surface area (Å²) in [5, 5.41) is 11.9. The minimum absolute atomic E-state index is 0.0482. The van der Waals surface area contributed by atoms with Crippen LogP contribution in [-0.4, -0.2) is 41.6 Å². The Balaban J connectivity index is 1.53. The number of hydrogen-bond donors (Lipinski definition) is 1. The number of thiazole rings is 1. The zero-order valence-corrected chi connectivity index (χ0v) is 21.9. The minimum atomic E-state index is -0.938. The van der Waals surface area contributed by atoms with Gasteiger partial charge in [0.1, 0.15) is 31.3 Å². The number of aliphatic hydroxyl groups excluding tert-OH is 1. The zero-order chi connectivity index (χ0) is 27.1. The summed E-state index contributed by atoms with van der Waals surface area (Å²) in [6.45, 7) is 6.75. The van der Waals surface area contributed by atoms with Gasteiger partial charge in [-0.15, -0.1) is 0 Å². The van der Waals surface area contributed by atoms with Gasteiger partial charge in [-0.25, -0.2) is 4.98 Å². The highest BCUT2D eigenvalue weighted by atomic mass is 32.1. The maximum Gasteiger partial charge on any atom is 0.301 e. The molecule has 1 aromatic heterocycles. The number of hydrogen-bond acceptors (Lipinski definition) is 8. The smallest absolute Gasteiger partial charge is 0.301 e. The molecule has 0 unspecified atom stereocenters. The van der Waals surface area contributed by atoms with E-state index in [1.807, 2.05) is 25.1 Å². The highest BCUT2D eigenvalue weighted by molar-refractivity contribution is 7.22. The van der Waals surface area contributed by atoms with E-state index in [0.29, 0.717) is 46.7 Å². The van der Waals surface area contributed by atoms with E-state index in [9.17, 15) is 14.7 Å². The third kappa shape index (κ3) is 4.40. The SMILES string of the molecule is C=CCOc1cccc([C@H]2C(=C(O)c3ccc4c(c3)OCCO4)C(=O)C(=O)N2c2nc3ccc(C)cc3s2)c1. The Kier molecular flexibility index (Phi) is 6.28. The fourth-order valence-electron chi connectivity index (χ4n) is 4.74. The number of benzene rings is 3. The van der Waals surface area contributed by atoms with Gasteiger partial charge in [0.15, 0.2) is 16.6 Å². The number of fused-ring (bicyclic) bond motifs is 2. The van der Waals surface area contributed by atoms with Gasteiger partial charge in [-0.05, 0) is 60.5 Å². The van der Waals surface area contributed by atoms with E-state index in [1.165, 1.54) is 16.2 Å². The summed E-state index contributed by atoms with van der Waals surface area (Å²) in [4.78, 5) is 33.2. The molecule has 0 bridgehead atoms. The van der Waals surface area contributed by atoms with E-state index in [1.54, 1.807) is 48.5 Å². The van der Waals surface area contributed by atoms with Gasteiger partial charge in [0, 0.05) is 5.56 Å². The molecule has 1 N–H and O–H groups in total. The van der Waals surface area contributed by atoms with Crippen LogP contribution in [0.1, 0.15) is 22.7 Å². The van der Waals surface area contributed by atoms with E-state index in [2.05, 4.69) is 11.6 Å². The van der Waals surface area contributed by atoms with Gasteiger partial charge in [-0.3, -0.25) is 14.5 Å². The third-order valence-electron chi connectivity index (χ3n) is 6.54. The normalized spacial score (nSPS) is 18.0. The van der Waals surface area contributed by atoms with Crippen molar-refractivity contribution in [3.05, 3.63) is 95.6 Å². The molecule has 1 saturated heterocycles. The second-order valence-corrected chi connectivity index (χ2v) is 10.2. The lowest BCUT2D eigenvalue weighted by molar-refractivity contribution is -0.132. The Hall–Kier alpha value is -4.63. The quantitative estimate of drug-likeness (QED) is 0.148. The maximum atomic E-state index is 13.6. The van der Waals surface area contributed by atoms with Crippen molar-refractivity contribution in [2.75, 3.05) is 24.7 Å². The highest BCUT2D eigenvalue weighted by Crippen LogP contribution is 2.45. The van der Waals surface area contributed by atoms with E-state index in [-0.39, 0.29) is 17.9 Å². The lowest BCUT2D eigenvalue weighted by Crippen LogP contribution is -2.29. The van der Waals surface area contributed by atoms with E-state index in [0.717, 1.165) is 15.8 Å². The number of amides is 1. The average molecular weight is 541 g/mol. The number of anilines is 1. The van der Waals surface area contributed by atoms with Crippen LogP contribution in [0.25, 0.3) is 16.0 Å². The average Bonchev–Trinajstić information content (AvgIpc) is 3.48. The molecule has 0 spiro atoms. The van der Waals surface area contributed by atoms with Gasteiger partial charge >= 0.3 is 5.91 Å². The van der Waals surface area contributed by atoms with Gasteiger partial charge in [0.2, 0.25) is 0 Å². The molecule has 1 fully saturated rings. The fourth-order valence-corrected chi connectivity index (χ4v) is 5.83. The molecule has 2 aliphatic heterocycles. The molecule has 0 radical (unpaired) electrons. The van der Waals surface area contributed by atoms with Crippen molar-refractivity contribution in [2.45, 2.75) is 13.0 Å². The first-order valence-corrected chi connectivity index (χ1v) is 13.2. The first-order chi connectivity index (χ1) is 18.9. The van der Waals surface area contributed by atoms with E-state index >= 15 is 0 Å². The number of aliphatic hydroxyl groups is 1. The predicted octanol–water partition coefficient (Wildman–Crippen LogP) is 5.57. The Labute approximate surface area is 228 Å². The lowest BCUT2D eigenvalue weighted by Gasteiger charge is -2.23. The Morgan fingerprint density at radius 1 is 1.13 bits per heavy atom. The van der Waals surface area contributed by atoms with Crippen LogP contribution in [0.2, 0.25) is 0 Å². The second-order valence-electron chi connectivity index (χ2n) is 9.17. The van der Waals surface area contributed by atoms with Gasteiger partial charge in [0.25, 0.3) is 5.78 Å². The number of ketones is 1. The number of aromatic nitrogens is 1. The van der Waals surface area contributed by atoms with Crippen LogP contribution in [0, 0.1) is 6.92 Å². The van der Waals surface area contributed by atoms with Crippen molar-refractivity contribution in [1.82, 2.24) is 4.98 Å². The Bertz CT molecular complexity index is 1670. The van der Waals surface area contributed by atoms with Gasteiger partial charge in [0.05, 0.1) is 21.8 Å². The molecule has 6 rings (SSSR count). The van der Waals surface area contributed by atoms with Crippen LogP contribution < -0.4 is 19.1 Å². The molecule has 0 aliphatic carbocycles. The maximum absolute atomic E-state index is 13.6. The number of ether oxygens (including phenoxy) is 3. The van der Waals surface area contributed by atoms with E-state index in [4.69, 9.17) is 14.2 Å². The molecule has 0 saturated carbocycles. The standard InChI is InChI=1S/C30H24N2O6S/c1-3-11-36-20-6-4-5-18(15-20)26-25(27(33)19-8-10-22-23(16-19)38-13-12-37-22)28(34)29(35)32(26)30-31-21-9-7-17(2)14-24(21)39-30/h3-10,14-16,26,33H,1,11-13H2,2H3/t26-/m0/s1. The molecule has 39 heavy (non-hydrogen) atoms. The summed E-state index contributed by atoms with van der Waals surface area (Å²) in [5.74, 6) is -0.346. The third-order valence-corrected chi connectivity index (χ3v) is 7.56. The molecule has 4 aromatic rings. The topological polar surface area (TPSA) is 98.2 Å². The summed E-state index contributed by atoms with van der Waals surface area (Å²) >= 11 is 1.32. The van der Waals surface area contributed by atoms with Gasteiger partial charge < -0.3 is 19.3 Å². The number of Topliss-reactive ketones (excluding diaryl/α,β-unsaturated/α-hetero) is 1. The summed E-state index contributed by atoms with van der Waals surface area (Å²) in [6.07, 6.45) is 1.63. The van der Waals surface area contributed by atoms with Crippen molar-refractivity contribution >= 4 is 44.1 Å². The van der Waals surface area contributed by atoms with Crippen LogP contribution in [0.4, 0.5) is 5.13 Å². The highest BCUT2D eigenvalue weighted by Gasteiger charge is 2.48. The Morgan fingerprint density at radius 2 is 1.95 bits per heavy atom. The minimum Gasteiger partial charge on any atom is -0.507 e. The Morgan fingerprint density at radius 3 is 2.77 bits per heavy atom. The number of aryl methyl sites for hydroxylation is 1. The van der Waals surface area contributed by atoms with Crippen molar-refractivity contribution in [3.63, 3.8) is 0 Å². The molecule has 2 aliphatic rings. The molecular formula is C30H24N2O6S. The van der Waals surface area contributed by atoms with E-state index < -0.39 is 17.7 Å². The molecule has 3 aromatic carbocycles. The van der Waals surface area contributed by atoms with Crippen LogP contribution in [-0.2, 0) is 9.59 Å². The molecule has 3 heterocycles. The molecule has 1 amide bonds. The van der Waals surface area contributed by atoms with Crippen LogP contribution in [0.5, 0.6) is 17.2 Å². The van der Waals surface area contributed by atoms with Crippen LogP contribution in [0.15, 0.2) is 78.9 Å². The number of carbonyl (C=O) groups excluding carboxylic acids is 2. The zero-order valence-electron chi connectivity index (χ0n) is 21.0. The lowest BCUT2D eigenvalue weighted by atomic mass is 9.95. The molecule has 196 valence electrons. The first kappa shape index (κ1) is 24.7. The van der Waals surface area contributed by atoms with Gasteiger partial charge in [-0.2, -0.15) is 0 Å². The second kappa shape index (κ2) is 9.92. The summed E-state index contributed by atoms with van der Waals surface area (Å²) in [7, 11) is 0. The van der Waals surface area contributed by atoms with Crippen LogP contribution >= 0.6 is 11.3 Å². The molecular weight excluding hydrogens is 516 g/mol. The fraction of sp³-hybridized carbons (Fsp3) is 0.167. The monoisotopic (exact) mass is 540 g/mol. The largest absolute Gasteiger partial charge is 0.507 e. The first-order valence-electron chi connectivity index (χ1n) is 12.4. The number of rotatable bonds is 6. The van der Waals surface area contributed by atoms with Crippen molar-refractivity contribution in [3.8, 4) is 17.2 Å². The predicted molar refractivity (Wildman–Crippen MR) is 149 cm³/mol. The van der Waals surface area contributed by atoms with Crippen molar-refractivity contribution in [1.29, 1.82) is 0 Å². The molecule has 9 heteroatoms. The summed E-state index contributed by atoms with van der Waals surface area (Å²) < 4.78 is 17.9. The number of nitrogens with zero attached hydrogens (tertiary/aromatic N) is 2. The summed E-state index contributed by atoms with van der Waals surface area (Å²) in [5.41, 5.74) is 2.65. The summed E-state index contributed by atoms with van der Waals surface area (Å²) in [6, 6.07) is 16.9. The molecule has 1 atom stereocenters. The van der Waals surface area contributed by atoms with Crippen molar-refractivity contribution < 1.29 is 28.9 Å². The van der Waals surface area contributed by atoms with Gasteiger partial charge in [-0.1, -0.05) is 42.2 Å². The number of carbonyl (C=O) groups is 2. The van der Waals surface area contributed by atoms with Crippen molar-refractivity contribution in [2.24, 2.45) is 0 Å². The van der Waals surface area contributed by atoms with Crippen LogP contribution in [0.3, 0.4) is 0 Å².